The molecule has 5 nitrogen and oxygen atoms in total. The van der Waals surface area contributed by atoms with Gasteiger partial charge in [-0.15, -0.1) is 5.10 Å². The molecule has 10 heteroatoms. The second-order valence-corrected chi connectivity index (χ2v) is 7.97. The van der Waals surface area contributed by atoms with Gasteiger partial charge in [-0.2, -0.15) is 17.9 Å². The van der Waals surface area contributed by atoms with Crippen LogP contribution in [-0.4, -0.2) is 24.4 Å². The predicted octanol–water partition coefficient (Wildman–Crippen LogP) is 4.34. The van der Waals surface area contributed by atoms with E-state index in [4.69, 9.17) is 11.6 Å². The second kappa shape index (κ2) is 7.77. The Hall–Kier alpha value is -2.26. The molecule has 2 unspecified atom stereocenters. The molecule has 2 aromatic carbocycles. The van der Waals surface area contributed by atoms with E-state index in [0.717, 1.165) is 17.7 Å². The first-order valence-corrected chi connectivity index (χ1v) is 9.59. The molecule has 3 aromatic rings. The number of hydrogen-bond donors (Lipinski definition) is 0. The standard InChI is InChI=1S/C17H14ClF3N4OS/c1-11(12-3-2-4-14(18)9-12)27(26)10-16-22-23-24-25(16)15-7-5-13(6-8-15)17(19,20)21/h2-9,11H,10H2,1H3. The Labute approximate surface area is 160 Å². The summed E-state index contributed by atoms with van der Waals surface area (Å²) in [7, 11) is -1.36. The third-order valence-corrected chi connectivity index (χ3v) is 5.80. The minimum Gasteiger partial charge on any atom is -0.258 e. The number of rotatable bonds is 5. The summed E-state index contributed by atoms with van der Waals surface area (Å²) in [5.74, 6) is 0.337. The van der Waals surface area contributed by atoms with Crippen molar-refractivity contribution in [2.75, 3.05) is 0 Å². The van der Waals surface area contributed by atoms with Crippen molar-refractivity contribution >= 4 is 22.4 Å². The van der Waals surface area contributed by atoms with E-state index < -0.39 is 22.5 Å². The number of aromatic nitrogens is 4. The average molecular weight is 415 g/mol. The van der Waals surface area contributed by atoms with Crippen LogP contribution < -0.4 is 0 Å². The molecule has 1 aromatic heterocycles. The van der Waals surface area contributed by atoms with Crippen LogP contribution in [0.3, 0.4) is 0 Å². The van der Waals surface area contributed by atoms with Gasteiger partial charge in [0.05, 0.1) is 22.3 Å². The van der Waals surface area contributed by atoms with Gasteiger partial charge in [0.15, 0.2) is 5.82 Å². The first-order valence-electron chi connectivity index (χ1n) is 7.83. The van der Waals surface area contributed by atoms with Crippen molar-refractivity contribution in [3.05, 3.63) is 70.5 Å². The van der Waals surface area contributed by atoms with E-state index in [-0.39, 0.29) is 11.0 Å². The van der Waals surface area contributed by atoms with Crippen LogP contribution in [-0.2, 0) is 22.7 Å². The fourth-order valence-corrected chi connectivity index (χ4v) is 3.78. The fourth-order valence-electron chi connectivity index (χ4n) is 2.45. The maximum atomic E-state index is 12.7. The highest BCUT2D eigenvalue weighted by atomic mass is 35.5. The summed E-state index contributed by atoms with van der Waals surface area (Å²) in [5, 5.41) is 11.4. The summed E-state index contributed by atoms with van der Waals surface area (Å²) >= 11 is 5.97. The SMILES string of the molecule is CC(c1cccc(Cl)c1)S(=O)Cc1nnnn1-c1ccc(C(F)(F)F)cc1. The molecule has 27 heavy (non-hydrogen) atoms. The summed E-state index contributed by atoms with van der Waals surface area (Å²) in [6.45, 7) is 1.80. The topological polar surface area (TPSA) is 60.7 Å². The zero-order valence-corrected chi connectivity index (χ0v) is 15.6. The van der Waals surface area contributed by atoms with E-state index in [0.29, 0.717) is 16.5 Å². The molecule has 0 saturated carbocycles. The lowest BCUT2D eigenvalue weighted by Crippen LogP contribution is -2.11. The fraction of sp³-hybridized carbons (Fsp3) is 0.235. The first-order chi connectivity index (χ1) is 12.8. The third kappa shape index (κ3) is 4.54. The Kier molecular flexibility index (Phi) is 5.61. The van der Waals surface area contributed by atoms with Crippen LogP contribution >= 0.6 is 11.6 Å². The van der Waals surface area contributed by atoms with Gasteiger partial charge in [-0.1, -0.05) is 23.7 Å². The lowest BCUT2D eigenvalue weighted by Gasteiger charge is -2.12. The lowest BCUT2D eigenvalue weighted by atomic mass is 10.2. The summed E-state index contributed by atoms with van der Waals surface area (Å²) in [6, 6.07) is 11.5. The van der Waals surface area contributed by atoms with Crippen molar-refractivity contribution in [2.24, 2.45) is 0 Å². The Bertz CT molecular complexity index is 959. The van der Waals surface area contributed by atoms with Crippen molar-refractivity contribution in [1.29, 1.82) is 0 Å². The molecule has 3 rings (SSSR count). The van der Waals surface area contributed by atoms with Crippen LogP contribution in [0.2, 0.25) is 5.02 Å². The van der Waals surface area contributed by atoms with E-state index >= 15 is 0 Å². The summed E-state index contributed by atoms with van der Waals surface area (Å²) < 4.78 is 52.1. The minimum atomic E-state index is -4.42. The van der Waals surface area contributed by atoms with E-state index in [1.165, 1.54) is 16.8 Å². The van der Waals surface area contributed by atoms with Crippen molar-refractivity contribution in [3.63, 3.8) is 0 Å². The molecular formula is C17H14ClF3N4OS. The van der Waals surface area contributed by atoms with Gasteiger partial charge in [-0.05, 0) is 59.3 Å². The second-order valence-electron chi connectivity index (χ2n) is 5.77. The van der Waals surface area contributed by atoms with E-state index in [1.807, 2.05) is 6.07 Å². The van der Waals surface area contributed by atoms with Gasteiger partial charge >= 0.3 is 6.18 Å². The Morgan fingerprint density at radius 2 is 1.89 bits per heavy atom. The van der Waals surface area contributed by atoms with Crippen molar-refractivity contribution in [2.45, 2.75) is 24.1 Å². The number of nitrogens with zero attached hydrogens (tertiary/aromatic N) is 4. The first kappa shape index (κ1) is 19.5. The van der Waals surface area contributed by atoms with Gasteiger partial charge in [-0.25, -0.2) is 0 Å². The molecule has 0 bridgehead atoms. The van der Waals surface area contributed by atoms with E-state index in [1.54, 1.807) is 25.1 Å². The van der Waals surface area contributed by atoms with Crippen LogP contribution in [0.15, 0.2) is 48.5 Å². The summed E-state index contributed by atoms with van der Waals surface area (Å²) in [5.41, 5.74) is 0.406. The van der Waals surface area contributed by atoms with Crippen LogP contribution in [0.25, 0.3) is 5.69 Å². The largest absolute Gasteiger partial charge is 0.416 e. The Morgan fingerprint density at radius 1 is 1.19 bits per heavy atom. The molecule has 0 aliphatic carbocycles. The van der Waals surface area contributed by atoms with E-state index in [9.17, 15) is 17.4 Å². The lowest BCUT2D eigenvalue weighted by molar-refractivity contribution is -0.137. The molecule has 2 atom stereocenters. The molecule has 0 saturated heterocycles. The molecule has 0 N–H and O–H groups in total. The Balaban J connectivity index is 1.80. The average Bonchev–Trinajstić information content (AvgIpc) is 3.08. The van der Waals surface area contributed by atoms with Gasteiger partial charge in [0.1, 0.15) is 0 Å². The highest BCUT2D eigenvalue weighted by Crippen LogP contribution is 2.30. The highest BCUT2D eigenvalue weighted by molar-refractivity contribution is 7.84. The van der Waals surface area contributed by atoms with Crippen molar-refractivity contribution < 1.29 is 17.4 Å². The maximum absolute atomic E-state index is 12.7. The normalized spacial score (nSPS) is 14.1. The number of alkyl halides is 3. The van der Waals surface area contributed by atoms with Crippen LogP contribution in [0.1, 0.15) is 29.1 Å². The maximum Gasteiger partial charge on any atom is 0.416 e. The number of tetrazole rings is 1. The highest BCUT2D eigenvalue weighted by Gasteiger charge is 2.30. The zero-order valence-electron chi connectivity index (χ0n) is 14.0. The van der Waals surface area contributed by atoms with Gasteiger partial charge in [-0.3, -0.25) is 4.21 Å². The molecule has 0 radical (unpaired) electrons. The molecule has 0 aliphatic heterocycles. The van der Waals surface area contributed by atoms with Gasteiger partial charge < -0.3 is 0 Å². The van der Waals surface area contributed by atoms with Crippen LogP contribution in [0.4, 0.5) is 13.2 Å². The van der Waals surface area contributed by atoms with Gasteiger partial charge in [0.25, 0.3) is 0 Å². The Morgan fingerprint density at radius 3 is 2.52 bits per heavy atom. The summed E-state index contributed by atoms with van der Waals surface area (Å²) in [6.07, 6.45) is -4.42. The van der Waals surface area contributed by atoms with E-state index in [2.05, 4.69) is 15.5 Å². The molecule has 0 amide bonds. The zero-order chi connectivity index (χ0) is 19.6. The molecule has 1 heterocycles. The molecule has 0 spiro atoms. The number of halogens is 4. The smallest absolute Gasteiger partial charge is 0.258 e. The van der Waals surface area contributed by atoms with Gasteiger partial charge in [0, 0.05) is 15.8 Å². The van der Waals surface area contributed by atoms with Crippen molar-refractivity contribution in [1.82, 2.24) is 20.2 Å². The van der Waals surface area contributed by atoms with Crippen LogP contribution in [0.5, 0.6) is 0 Å². The molecule has 0 aliphatic rings. The van der Waals surface area contributed by atoms with Crippen LogP contribution in [0, 0.1) is 0 Å². The molecular weight excluding hydrogens is 401 g/mol. The summed E-state index contributed by atoms with van der Waals surface area (Å²) in [4.78, 5) is 0. The molecule has 0 fully saturated rings. The minimum absolute atomic E-state index is 0.0434. The third-order valence-electron chi connectivity index (χ3n) is 3.96. The quantitative estimate of drug-likeness (QED) is 0.623. The predicted molar refractivity (Wildman–Crippen MR) is 95.9 cm³/mol. The monoisotopic (exact) mass is 414 g/mol. The number of hydrogen-bond acceptors (Lipinski definition) is 4. The van der Waals surface area contributed by atoms with Gasteiger partial charge in [0.2, 0.25) is 0 Å². The number of benzene rings is 2. The van der Waals surface area contributed by atoms with Crippen molar-refractivity contribution in [3.8, 4) is 5.69 Å². The molecule has 142 valence electrons.